The monoisotopic (exact) mass is 411 g/mol. The molecule has 2 rings (SSSR count). The maximum atomic E-state index is 12.8. The van der Waals surface area contributed by atoms with E-state index in [0.29, 0.717) is 37.0 Å². The van der Waals surface area contributed by atoms with E-state index in [1.165, 1.54) is 11.6 Å². The van der Waals surface area contributed by atoms with Crippen molar-refractivity contribution in [1.82, 2.24) is 10.6 Å². The topological polar surface area (TPSA) is 64.1 Å². The number of halogens is 2. The second kappa shape index (κ2) is 13.0. The molecule has 0 aliphatic carbocycles. The quantitative estimate of drug-likeness (QED) is 0.329. The third kappa shape index (κ3) is 8.68. The van der Waals surface area contributed by atoms with Gasteiger partial charge in [0.15, 0.2) is 5.96 Å². The minimum Gasteiger partial charge on any atom is -0.493 e. The molecular formula is C21H31F2N3O3. The van der Waals surface area contributed by atoms with E-state index in [4.69, 9.17) is 9.47 Å². The molecule has 1 aromatic rings. The van der Waals surface area contributed by atoms with Crippen molar-refractivity contribution in [2.24, 2.45) is 4.99 Å². The fourth-order valence-corrected chi connectivity index (χ4v) is 2.82. The molecule has 2 N–H and O–H groups in total. The summed E-state index contributed by atoms with van der Waals surface area (Å²) in [6.07, 6.45) is 4.82. The maximum absolute atomic E-state index is 12.8. The van der Waals surface area contributed by atoms with Crippen LogP contribution in [0.15, 0.2) is 34.8 Å². The number of benzene rings is 1. The lowest BCUT2D eigenvalue weighted by atomic mass is 10.1. The predicted octanol–water partition coefficient (Wildman–Crippen LogP) is 3.87. The number of rotatable bonds is 11. The standard InChI is InChI=1S/C21H31F2N3O3/c1-3-11-28-18-6-5-17(19(14-18)29-20(22)23)15-26-21(24-4-2)25-10-7-16-8-12-27-13-9-16/h5-6,8,14,20H,3-4,7,9-13,15H2,1-2H3,(H2,24,25,26). The van der Waals surface area contributed by atoms with Gasteiger partial charge >= 0.3 is 6.61 Å². The molecule has 0 aromatic heterocycles. The molecule has 0 radical (unpaired) electrons. The van der Waals surface area contributed by atoms with Gasteiger partial charge in [0.2, 0.25) is 0 Å². The molecule has 8 heteroatoms. The first-order valence-electron chi connectivity index (χ1n) is 10.1. The van der Waals surface area contributed by atoms with Crippen LogP contribution >= 0.6 is 0 Å². The summed E-state index contributed by atoms with van der Waals surface area (Å²) < 4.78 is 41.1. The molecule has 1 aliphatic heterocycles. The van der Waals surface area contributed by atoms with Crippen LogP contribution in [0.25, 0.3) is 0 Å². The Morgan fingerprint density at radius 2 is 2.14 bits per heavy atom. The van der Waals surface area contributed by atoms with Crippen LogP contribution in [-0.2, 0) is 11.3 Å². The SMILES string of the molecule is CCCOc1ccc(CN=C(NCC)NCCC2=CCOCC2)c(OC(F)F)c1. The molecule has 6 nitrogen and oxygen atoms in total. The Morgan fingerprint density at radius 1 is 1.28 bits per heavy atom. The summed E-state index contributed by atoms with van der Waals surface area (Å²) in [6, 6.07) is 4.95. The van der Waals surface area contributed by atoms with Crippen molar-refractivity contribution in [2.75, 3.05) is 32.9 Å². The van der Waals surface area contributed by atoms with Crippen molar-refractivity contribution < 1.29 is 23.0 Å². The molecule has 0 unspecified atom stereocenters. The lowest BCUT2D eigenvalue weighted by Crippen LogP contribution is -2.38. The minimum absolute atomic E-state index is 0.0839. The van der Waals surface area contributed by atoms with Crippen LogP contribution < -0.4 is 20.1 Å². The molecule has 0 saturated carbocycles. The zero-order chi connectivity index (χ0) is 20.9. The van der Waals surface area contributed by atoms with Crippen LogP contribution in [-0.4, -0.2) is 45.5 Å². The molecule has 1 aliphatic rings. The summed E-state index contributed by atoms with van der Waals surface area (Å²) in [5.41, 5.74) is 1.94. The molecule has 162 valence electrons. The van der Waals surface area contributed by atoms with Crippen LogP contribution in [0.1, 0.15) is 38.7 Å². The van der Waals surface area contributed by atoms with Gasteiger partial charge < -0.3 is 24.8 Å². The van der Waals surface area contributed by atoms with E-state index in [2.05, 4.69) is 26.4 Å². The lowest BCUT2D eigenvalue weighted by molar-refractivity contribution is -0.0505. The van der Waals surface area contributed by atoms with Gasteiger partial charge in [0, 0.05) is 24.7 Å². The Hall–Kier alpha value is -2.35. The molecule has 0 saturated heterocycles. The number of ether oxygens (including phenoxy) is 3. The van der Waals surface area contributed by atoms with Gasteiger partial charge in [-0.3, -0.25) is 0 Å². The molecule has 0 atom stereocenters. The van der Waals surface area contributed by atoms with E-state index < -0.39 is 6.61 Å². The van der Waals surface area contributed by atoms with Gasteiger partial charge in [-0.25, -0.2) is 4.99 Å². The third-order valence-corrected chi connectivity index (χ3v) is 4.28. The van der Waals surface area contributed by atoms with Crippen molar-refractivity contribution in [2.45, 2.75) is 46.3 Å². The van der Waals surface area contributed by atoms with Gasteiger partial charge in [0.1, 0.15) is 11.5 Å². The van der Waals surface area contributed by atoms with E-state index in [-0.39, 0.29) is 12.3 Å². The van der Waals surface area contributed by atoms with Gasteiger partial charge in [-0.05, 0) is 38.3 Å². The Balaban J connectivity index is 2.00. The maximum Gasteiger partial charge on any atom is 0.387 e. The Labute approximate surface area is 171 Å². The largest absolute Gasteiger partial charge is 0.493 e. The third-order valence-electron chi connectivity index (χ3n) is 4.28. The summed E-state index contributed by atoms with van der Waals surface area (Å²) in [7, 11) is 0. The average molecular weight is 411 g/mol. The summed E-state index contributed by atoms with van der Waals surface area (Å²) in [6.45, 7) is 4.66. The summed E-state index contributed by atoms with van der Waals surface area (Å²) in [5.74, 6) is 1.22. The zero-order valence-corrected chi connectivity index (χ0v) is 17.2. The van der Waals surface area contributed by atoms with Gasteiger partial charge in [0.25, 0.3) is 0 Å². The minimum atomic E-state index is -2.90. The highest BCUT2D eigenvalue weighted by molar-refractivity contribution is 5.79. The number of nitrogens with zero attached hydrogens (tertiary/aromatic N) is 1. The smallest absolute Gasteiger partial charge is 0.387 e. The van der Waals surface area contributed by atoms with E-state index in [1.54, 1.807) is 12.1 Å². The summed E-state index contributed by atoms with van der Waals surface area (Å²) in [4.78, 5) is 4.51. The molecule has 1 aromatic carbocycles. The van der Waals surface area contributed by atoms with E-state index >= 15 is 0 Å². The van der Waals surface area contributed by atoms with E-state index in [9.17, 15) is 8.78 Å². The van der Waals surface area contributed by atoms with Crippen LogP contribution in [0, 0.1) is 0 Å². The lowest BCUT2D eigenvalue weighted by Gasteiger charge is -2.16. The fourth-order valence-electron chi connectivity index (χ4n) is 2.82. The number of aliphatic imine (C=N–C) groups is 1. The number of nitrogens with one attached hydrogen (secondary N) is 2. The molecule has 29 heavy (non-hydrogen) atoms. The van der Waals surface area contributed by atoms with Gasteiger partial charge in [-0.2, -0.15) is 8.78 Å². The Bertz CT molecular complexity index is 681. The second-order valence-corrected chi connectivity index (χ2v) is 6.56. The van der Waals surface area contributed by atoms with Crippen molar-refractivity contribution in [3.63, 3.8) is 0 Å². The molecule has 1 heterocycles. The van der Waals surface area contributed by atoms with E-state index in [0.717, 1.165) is 32.4 Å². The first-order valence-corrected chi connectivity index (χ1v) is 10.1. The van der Waals surface area contributed by atoms with Crippen LogP contribution in [0.4, 0.5) is 8.78 Å². The highest BCUT2D eigenvalue weighted by atomic mass is 19.3. The van der Waals surface area contributed by atoms with Crippen LogP contribution in [0.5, 0.6) is 11.5 Å². The summed E-state index contributed by atoms with van der Waals surface area (Å²) in [5, 5.41) is 6.45. The van der Waals surface area contributed by atoms with Crippen LogP contribution in [0.3, 0.4) is 0 Å². The number of guanidine groups is 1. The van der Waals surface area contributed by atoms with Gasteiger partial charge in [-0.15, -0.1) is 0 Å². The highest BCUT2D eigenvalue weighted by Crippen LogP contribution is 2.27. The number of alkyl halides is 2. The normalized spacial score (nSPS) is 14.5. The first-order chi connectivity index (χ1) is 14.1. The Kier molecular flexibility index (Phi) is 10.3. The van der Waals surface area contributed by atoms with Crippen LogP contribution in [0.2, 0.25) is 0 Å². The fraction of sp³-hybridized carbons (Fsp3) is 0.571. The number of hydrogen-bond acceptors (Lipinski definition) is 4. The van der Waals surface area contributed by atoms with Gasteiger partial charge in [0.05, 0.1) is 26.4 Å². The zero-order valence-electron chi connectivity index (χ0n) is 17.2. The molecule has 0 bridgehead atoms. The van der Waals surface area contributed by atoms with Crippen molar-refractivity contribution >= 4 is 5.96 Å². The molecule has 0 amide bonds. The van der Waals surface area contributed by atoms with Crippen molar-refractivity contribution in [3.05, 3.63) is 35.4 Å². The van der Waals surface area contributed by atoms with Gasteiger partial charge in [-0.1, -0.05) is 18.6 Å². The Morgan fingerprint density at radius 3 is 2.83 bits per heavy atom. The molecule has 0 fully saturated rings. The highest BCUT2D eigenvalue weighted by Gasteiger charge is 2.12. The average Bonchev–Trinajstić information content (AvgIpc) is 2.71. The summed E-state index contributed by atoms with van der Waals surface area (Å²) >= 11 is 0. The van der Waals surface area contributed by atoms with Crippen molar-refractivity contribution in [3.8, 4) is 11.5 Å². The molecular weight excluding hydrogens is 380 g/mol. The predicted molar refractivity (Wildman–Crippen MR) is 110 cm³/mol. The van der Waals surface area contributed by atoms with Crippen molar-refractivity contribution in [1.29, 1.82) is 0 Å². The molecule has 0 spiro atoms. The first kappa shape index (κ1) is 22.9. The second-order valence-electron chi connectivity index (χ2n) is 6.56. The van der Waals surface area contributed by atoms with E-state index in [1.807, 2.05) is 13.8 Å². The number of hydrogen-bond donors (Lipinski definition) is 2.